The summed E-state index contributed by atoms with van der Waals surface area (Å²) in [7, 11) is 0. The van der Waals surface area contributed by atoms with E-state index in [0.29, 0.717) is 23.0 Å². The number of benzene rings is 1. The van der Waals surface area contributed by atoms with Crippen molar-refractivity contribution in [2.24, 2.45) is 0 Å². The van der Waals surface area contributed by atoms with E-state index in [0.717, 1.165) is 27.4 Å². The Kier molecular flexibility index (Phi) is 6.31. The molecule has 0 spiro atoms. The number of pyridine rings is 2. The van der Waals surface area contributed by atoms with E-state index >= 15 is 0 Å². The SMILES string of the molecule is CCc1cncc(CC)c1Nc1c(Br)cc(C)n(-c2c(F)cccc2[N+](=O)[O-])c1=O. The fraction of sp³-hybridized carbons (Fsp3) is 0.238. The van der Waals surface area contributed by atoms with Gasteiger partial charge in [0, 0.05) is 34.3 Å². The van der Waals surface area contributed by atoms with Gasteiger partial charge in [0.05, 0.1) is 4.92 Å². The van der Waals surface area contributed by atoms with Gasteiger partial charge in [0.25, 0.3) is 11.2 Å². The minimum Gasteiger partial charge on any atom is -0.350 e. The first-order chi connectivity index (χ1) is 14.3. The quantitative estimate of drug-likeness (QED) is 0.390. The van der Waals surface area contributed by atoms with Gasteiger partial charge in [-0.15, -0.1) is 0 Å². The first-order valence-electron chi connectivity index (χ1n) is 9.38. The van der Waals surface area contributed by atoms with Crippen molar-refractivity contribution < 1.29 is 9.31 Å². The van der Waals surface area contributed by atoms with Crippen LogP contribution in [0.25, 0.3) is 5.69 Å². The van der Waals surface area contributed by atoms with E-state index in [4.69, 9.17) is 0 Å². The Morgan fingerprint density at radius 3 is 2.40 bits per heavy atom. The van der Waals surface area contributed by atoms with Gasteiger partial charge in [-0.3, -0.25) is 24.5 Å². The molecule has 0 bridgehead atoms. The van der Waals surface area contributed by atoms with E-state index in [9.17, 15) is 19.3 Å². The minimum absolute atomic E-state index is 0.161. The molecule has 9 heteroatoms. The molecule has 7 nitrogen and oxygen atoms in total. The molecule has 0 amide bonds. The number of nitro groups is 1. The second kappa shape index (κ2) is 8.74. The third-order valence-corrected chi connectivity index (χ3v) is 5.47. The Morgan fingerprint density at radius 1 is 1.20 bits per heavy atom. The fourth-order valence-electron chi connectivity index (χ4n) is 3.33. The Hall–Kier alpha value is -3.07. The molecule has 0 aliphatic carbocycles. The second-order valence-corrected chi connectivity index (χ2v) is 7.53. The molecule has 0 unspecified atom stereocenters. The Morgan fingerprint density at radius 2 is 1.83 bits per heavy atom. The van der Waals surface area contributed by atoms with Crippen molar-refractivity contribution in [3.63, 3.8) is 0 Å². The average Bonchev–Trinajstić information content (AvgIpc) is 2.71. The highest BCUT2D eigenvalue weighted by Gasteiger charge is 2.24. The first kappa shape index (κ1) is 21.6. The zero-order chi connectivity index (χ0) is 22.0. The van der Waals surface area contributed by atoms with Crippen LogP contribution in [0.2, 0.25) is 0 Å². The lowest BCUT2D eigenvalue weighted by atomic mass is 10.1. The van der Waals surface area contributed by atoms with Gasteiger partial charge in [0.1, 0.15) is 5.69 Å². The molecule has 156 valence electrons. The monoisotopic (exact) mass is 474 g/mol. The van der Waals surface area contributed by atoms with Crippen molar-refractivity contribution in [1.82, 2.24) is 9.55 Å². The fourth-order valence-corrected chi connectivity index (χ4v) is 3.93. The van der Waals surface area contributed by atoms with Crippen molar-refractivity contribution in [2.75, 3.05) is 5.32 Å². The molecule has 0 saturated heterocycles. The summed E-state index contributed by atoms with van der Waals surface area (Å²) in [5.41, 5.74) is 1.64. The molecule has 0 fully saturated rings. The minimum atomic E-state index is -0.852. The highest BCUT2D eigenvalue weighted by molar-refractivity contribution is 9.10. The van der Waals surface area contributed by atoms with Crippen LogP contribution in [-0.4, -0.2) is 14.5 Å². The van der Waals surface area contributed by atoms with E-state index in [1.54, 1.807) is 25.4 Å². The Bertz CT molecular complexity index is 1170. The number of hydrogen-bond donors (Lipinski definition) is 1. The molecule has 30 heavy (non-hydrogen) atoms. The van der Waals surface area contributed by atoms with Gasteiger partial charge in [0.2, 0.25) is 0 Å². The van der Waals surface area contributed by atoms with Crippen molar-refractivity contribution >= 4 is 33.0 Å². The van der Waals surface area contributed by atoms with Gasteiger partial charge in [-0.05, 0) is 59.0 Å². The van der Waals surface area contributed by atoms with Crippen molar-refractivity contribution in [3.8, 4) is 5.69 Å². The van der Waals surface area contributed by atoms with Crippen LogP contribution < -0.4 is 10.9 Å². The predicted molar refractivity (Wildman–Crippen MR) is 117 cm³/mol. The summed E-state index contributed by atoms with van der Waals surface area (Å²) in [5.74, 6) is -0.852. The van der Waals surface area contributed by atoms with E-state index < -0.39 is 22.0 Å². The van der Waals surface area contributed by atoms with Crippen LogP contribution in [0.4, 0.5) is 21.5 Å². The standard InChI is InChI=1S/C21H20BrFN4O3/c1-4-13-10-24-11-14(5-2)18(13)25-19-15(22)9-12(3)26(21(19)28)20-16(23)7-6-8-17(20)27(29)30/h6-11H,4-5H2,1-3H3,(H,24,25). The molecule has 0 radical (unpaired) electrons. The summed E-state index contributed by atoms with van der Waals surface area (Å²) < 4.78 is 16.1. The van der Waals surface area contributed by atoms with Crippen LogP contribution in [0.5, 0.6) is 0 Å². The summed E-state index contributed by atoms with van der Waals surface area (Å²) in [4.78, 5) is 28.4. The number of hydrogen-bond acceptors (Lipinski definition) is 5. The summed E-state index contributed by atoms with van der Waals surface area (Å²) in [6.07, 6.45) is 4.84. The third-order valence-electron chi connectivity index (χ3n) is 4.84. The van der Waals surface area contributed by atoms with E-state index in [1.165, 1.54) is 12.1 Å². The molecule has 1 aromatic carbocycles. The Labute approximate surface area is 180 Å². The molecule has 3 aromatic rings. The van der Waals surface area contributed by atoms with Gasteiger partial charge in [-0.1, -0.05) is 19.9 Å². The van der Waals surface area contributed by atoms with Gasteiger partial charge in [-0.2, -0.15) is 0 Å². The zero-order valence-electron chi connectivity index (χ0n) is 16.7. The van der Waals surface area contributed by atoms with Crippen LogP contribution in [0.3, 0.4) is 0 Å². The molecule has 0 atom stereocenters. The third kappa shape index (κ3) is 3.85. The number of halogens is 2. The highest BCUT2D eigenvalue weighted by atomic mass is 79.9. The van der Waals surface area contributed by atoms with Crippen LogP contribution >= 0.6 is 15.9 Å². The van der Waals surface area contributed by atoms with E-state index in [2.05, 4.69) is 26.2 Å². The van der Waals surface area contributed by atoms with Crippen molar-refractivity contribution in [1.29, 1.82) is 0 Å². The number of para-hydroxylation sites is 1. The van der Waals surface area contributed by atoms with Crippen LogP contribution in [0.1, 0.15) is 30.7 Å². The lowest BCUT2D eigenvalue weighted by molar-refractivity contribution is -0.384. The Balaban J connectivity index is 2.29. The summed E-state index contributed by atoms with van der Waals surface area (Å²) in [5, 5.41) is 14.6. The molecule has 2 heterocycles. The average molecular weight is 475 g/mol. The largest absolute Gasteiger partial charge is 0.350 e. The predicted octanol–water partition coefficient (Wildman–Crippen LogP) is 5.22. The summed E-state index contributed by atoms with van der Waals surface area (Å²) >= 11 is 3.40. The lowest BCUT2D eigenvalue weighted by Gasteiger charge is -2.18. The number of nitro benzene ring substituents is 1. The maximum Gasteiger partial charge on any atom is 0.296 e. The molecule has 3 rings (SSSR count). The number of anilines is 2. The van der Waals surface area contributed by atoms with Crippen LogP contribution in [-0.2, 0) is 12.8 Å². The molecule has 0 saturated carbocycles. The number of aryl methyl sites for hydroxylation is 3. The summed E-state index contributed by atoms with van der Waals surface area (Å²) in [6, 6.07) is 5.13. The maximum atomic E-state index is 14.6. The normalized spacial score (nSPS) is 10.8. The van der Waals surface area contributed by atoms with Gasteiger partial charge < -0.3 is 5.32 Å². The van der Waals surface area contributed by atoms with E-state index in [1.807, 2.05) is 13.8 Å². The van der Waals surface area contributed by atoms with Crippen LogP contribution in [0, 0.1) is 22.9 Å². The number of rotatable bonds is 6. The highest BCUT2D eigenvalue weighted by Crippen LogP contribution is 2.31. The molecular formula is C21H20BrFN4O3. The number of nitrogens with zero attached hydrogens (tertiary/aromatic N) is 3. The molecule has 0 aliphatic rings. The first-order valence-corrected chi connectivity index (χ1v) is 10.2. The summed E-state index contributed by atoms with van der Waals surface area (Å²) in [6.45, 7) is 5.55. The molecule has 1 N–H and O–H groups in total. The van der Waals surface area contributed by atoms with Crippen molar-refractivity contribution in [2.45, 2.75) is 33.6 Å². The zero-order valence-corrected chi connectivity index (χ0v) is 18.3. The van der Waals surface area contributed by atoms with Crippen molar-refractivity contribution in [3.05, 3.63) is 84.2 Å². The molecular weight excluding hydrogens is 455 g/mol. The van der Waals surface area contributed by atoms with Crippen LogP contribution in [0.15, 0.2) is 45.9 Å². The van der Waals surface area contributed by atoms with E-state index in [-0.39, 0.29) is 11.4 Å². The number of aromatic nitrogens is 2. The van der Waals surface area contributed by atoms with Gasteiger partial charge >= 0.3 is 0 Å². The number of nitrogens with one attached hydrogen (secondary N) is 1. The molecule has 0 aliphatic heterocycles. The van der Waals surface area contributed by atoms with Gasteiger partial charge in [0.15, 0.2) is 11.5 Å². The smallest absolute Gasteiger partial charge is 0.296 e. The van der Waals surface area contributed by atoms with Gasteiger partial charge in [-0.25, -0.2) is 4.39 Å². The lowest BCUT2D eigenvalue weighted by Crippen LogP contribution is -2.25. The second-order valence-electron chi connectivity index (χ2n) is 6.68. The topological polar surface area (TPSA) is 90.1 Å². The maximum absolute atomic E-state index is 14.6. The molecule has 2 aromatic heterocycles.